The Labute approximate surface area is 282 Å². The van der Waals surface area contributed by atoms with E-state index in [4.69, 9.17) is 28.4 Å². The Balaban J connectivity index is 1.49. The van der Waals surface area contributed by atoms with Crippen molar-refractivity contribution < 1.29 is 47.9 Å². The van der Waals surface area contributed by atoms with E-state index in [0.717, 1.165) is 12.2 Å². The zero-order valence-corrected chi connectivity index (χ0v) is 26.5. The molecular formula is C39H34O10. The van der Waals surface area contributed by atoms with Crippen LogP contribution in [0, 0.1) is 0 Å². The molecule has 0 aliphatic carbocycles. The van der Waals surface area contributed by atoms with E-state index in [9.17, 15) is 19.5 Å². The van der Waals surface area contributed by atoms with Gasteiger partial charge in [0.05, 0.1) is 5.56 Å². The van der Waals surface area contributed by atoms with Crippen LogP contribution in [0.4, 0.5) is 0 Å². The van der Waals surface area contributed by atoms with Crippen LogP contribution in [0.3, 0.4) is 0 Å². The fourth-order valence-electron chi connectivity index (χ4n) is 4.96. The molecule has 0 spiro atoms. The molecule has 1 N–H and O–H groups in total. The molecule has 0 heterocycles. The molecule has 5 aromatic carbocycles. The van der Waals surface area contributed by atoms with Gasteiger partial charge in [-0.05, 0) is 42.5 Å². The number of carboxylic acids is 1. The maximum Gasteiger partial charge on any atom is 0.335 e. The van der Waals surface area contributed by atoms with Crippen LogP contribution < -0.4 is 18.9 Å². The summed E-state index contributed by atoms with van der Waals surface area (Å²) in [5.41, 5.74) is 0.0228. The third kappa shape index (κ3) is 8.95. The van der Waals surface area contributed by atoms with Crippen molar-refractivity contribution in [3.8, 4) is 23.0 Å². The van der Waals surface area contributed by atoms with E-state index in [-0.39, 0.29) is 32.0 Å². The van der Waals surface area contributed by atoms with Crippen LogP contribution in [0.25, 0.3) is 21.5 Å². The van der Waals surface area contributed by atoms with Crippen molar-refractivity contribution in [2.75, 3.05) is 26.4 Å². The summed E-state index contributed by atoms with van der Waals surface area (Å²) in [5, 5.41) is 12.1. The van der Waals surface area contributed by atoms with Crippen LogP contribution >= 0.6 is 0 Å². The van der Waals surface area contributed by atoms with E-state index in [1.54, 1.807) is 30.3 Å². The van der Waals surface area contributed by atoms with Gasteiger partial charge in [-0.1, -0.05) is 73.8 Å². The van der Waals surface area contributed by atoms with Crippen LogP contribution in [0.1, 0.15) is 10.4 Å². The number of para-hydroxylation sites is 2. The topological polar surface area (TPSA) is 127 Å². The third-order valence-corrected chi connectivity index (χ3v) is 7.26. The minimum Gasteiger partial charge on any atom is -0.490 e. The first-order chi connectivity index (χ1) is 23.9. The molecule has 5 aromatic rings. The molecule has 10 heteroatoms. The molecule has 0 saturated carbocycles. The molecule has 2 atom stereocenters. The lowest BCUT2D eigenvalue weighted by atomic mass is 9.98. The molecule has 2 unspecified atom stereocenters. The van der Waals surface area contributed by atoms with E-state index < -0.39 is 30.1 Å². The summed E-state index contributed by atoms with van der Waals surface area (Å²) in [7, 11) is 0. The van der Waals surface area contributed by atoms with Gasteiger partial charge in [0.2, 0.25) is 0 Å². The Hall–Kier alpha value is -6.29. The van der Waals surface area contributed by atoms with Gasteiger partial charge in [-0.25, -0.2) is 14.4 Å². The lowest BCUT2D eigenvalue weighted by Gasteiger charge is -2.23. The lowest BCUT2D eigenvalue weighted by molar-refractivity contribution is -0.147. The first-order valence-electron chi connectivity index (χ1n) is 15.4. The van der Waals surface area contributed by atoms with E-state index >= 15 is 0 Å². The molecule has 49 heavy (non-hydrogen) atoms. The predicted molar refractivity (Wildman–Crippen MR) is 183 cm³/mol. The van der Waals surface area contributed by atoms with Gasteiger partial charge in [0.15, 0.2) is 12.2 Å². The number of carbonyl (C=O) groups excluding carboxylic acids is 2. The molecule has 5 rings (SSSR count). The van der Waals surface area contributed by atoms with Crippen LogP contribution in [0.15, 0.2) is 128 Å². The second-order valence-corrected chi connectivity index (χ2v) is 10.7. The molecule has 0 saturated heterocycles. The van der Waals surface area contributed by atoms with Gasteiger partial charge in [0, 0.05) is 33.7 Å². The molecule has 10 nitrogen and oxygen atoms in total. The number of carboxylic acid groups (broad SMARTS) is 1. The molecule has 0 aromatic heterocycles. The standard InChI is InChI=1S/C39H34O10/c1-3-35(40)48-29(22-44-27-13-7-5-8-14-27)24-46-37-31-17-11-12-18-32(31)38(34-21-26(39(42)43)19-20-33(34)37)47-25-30(49-36(41)4-2)23-45-28-15-9-6-10-16-28/h3-21,29-30H,1-2,22-25H2,(H,42,43). The Bertz CT molecular complexity index is 1940. The first kappa shape index (κ1) is 34.1. The van der Waals surface area contributed by atoms with Crippen molar-refractivity contribution in [2.45, 2.75) is 12.2 Å². The SMILES string of the molecule is C=CC(=O)OC(COc1ccccc1)COc1c2ccccc2c(OCC(COc2ccccc2)OC(=O)C=C)c2cc(C(=O)O)ccc12. The van der Waals surface area contributed by atoms with E-state index in [2.05, 4.69) is 13.2 Å². The summed E-state index contributed by atoms with van der Waals surface area (Å²) in [4.78, 5) is 36.4. The third-order valence-electron chi connectivity index (χ3n) is 7.26. The van der Waals surface area contributed by atoms with Gasteiger partial charge in [-0.15, -0.1) is 0 Å². The summed E-state index contributed by atoms with van der Waals surface area (Å²) in [6, 6.07) is 30.0. The molecule has 0 aliphatic rings. The van der Waals surface area contributed by atoms with E-state index in [0.29, 0.717) is 44.5 Å². The normalized spacial score (nSPS) is 11.9. The van der Waals surface area contributed by atoms with E-state index in [1.165, 1.54) is 12.1 Å². The number of ether oxygens (including phenoxy) is 6. The summed E-state index contributed by atoms with van der Waals surface area (Å²) < 4.78 is 35.5. The van der Waals surface area contributed by atoms with Crippen molar-refractivity contribution in [3.63, 3.8) is 0 Å². The average Bonchev–Trinajstić information content (AvgIpc) is 3.14. The van der Waals surface area contributed by atoms with E-state index in [1.807, 2.05) is 60.7 Å². The van der Waals surface area contributed by atoms with Gasteiger partial charge in [-0.3, -0.25) is 0 Å². The highest BCUT2D eigenvalue weighted by molar-refractivity contribution is 6.12. The van der Waals surface area contributed by atoms with Gasteiger partial charge in [0.1, 0.15) is 49.4 Å². The fourth-order valence-corrected chi connectivity index (χ4v) is 4.96. The monoisotopic (exact) mass is 662 g/mol. The van der Waals surface area contributed by atoms with Gasteiger partial charge < -0.3 is 33.5 Å². The Morgan fingerprint density at radius 3 is 1.41 bits per heavy atom. The number of hydrogen-bond donors (Lipinski definition) is 1. The zero-order chi connectivity index (χ0) is 34.6. The summed E-state index contributed by atoms with van der Waals surface area (Å²) in [5.74, 6) is -0.493. The van der Waals surface area contributed by atoms with Crippen LogP contribution in [-0.2, 0) is 19.1 Å². The highest BCUT2D eigenvalue weighted by Crippen LogP contribution is 2.43. The zero-order valence-electron chi connectivity index (χ0n) is 26.5. The highest BCUT2D eigenvalue weighted by atomic mass is 16.6. The molecule has 0 bridgehead atoms. The largest absolute Gasteiger partial charge is 0.490 e. The predicted octanol–water partition coefficient (Wildman–Crippen LogP) is 6.80. The first-order valence-corrected chi connectivity index (χ1v) is 15.4. The van der Waals surface area contributed by atoms with Gasteiger partial charge in [0.25, 0.3) is 0 Å². The van der Waals surface area contributed by atoms with Gasteiger partial charge in [-0.2, -0.15) is 0 Å². The smallest absolute Gasteiger partial charge is 0.335 e. The van der Waals surface area contributed by atoms with Crippen LogP contribution in [-0.4, -0.2) is 61.6 Å². The van der Waals surface area contributed by atoms with Crippen molar-refractivity contribution in [1.29, 1.82) is 0 Å². The minimum atomic E-state index is -1.13. The number of rotatable bonds is 17. The number of esters is 2. The number of fused-ring (bicyclic) bond motifs is 2. The summed E-state index contributed by atoms with van der Waals surface area (Å²) in [6.45, 7) is 6.73. The minimum absolute atomic E-state index is 0.000312. The van der Waals surface area contributed by atoms with Crippen molar-refractivity contribution in [3.05, 3.63) is 134 Å². The number of benzene rings is 5. The summed E-state index contributed by atoms with van der Waals surface area (Å²) in [6.07, 6.45) is 0.446. The molecule has 0 fully saturated rings. The second kappa shape index (κ2) is 16.5. The molecule has 0 aliphatic heterocycles. The van der Waals surface area contributed by atoms with Crippen LogP contribution in [0.2, 0.25) is 0 Å². The van der Waals surface area contributed by atoms with Crippen molar-refractivity contribution >= 4 is 39.5 Å². The maximum atomic E-state index is 12.2. The number of aromatic carboxylic acids is 1. The molecule has 250 valence electrons. The maximum absolute atomic E-state index is 12.2. The Morgan fingerprint density at radius 1 is 0.551 bits per heavy atom. The lowest BCUT2D eigenvalue weighted by Crippen LogP contribution is -2.31. The number of hydrogen-bond acceptors (Lipinski definition) is 9. The molecule has 0 radical (unpaired) electrons. The van der Waals surface area contributed by atoms with Crippen LogP contribution in [0.5, 0.6) is 23.0 Å². The van der Waals surface area contributed by atoms with Crippen molar-refractivity contribution in [2.24, 2.45) is 0 Å². The number of carbonyl (C=O) groups is 3. The van der Waals surface area contributed by atoms with Crippen molar-refractivity contribution in [1.82, 2.24) is 0 Å². The highest BCUT2D eigenvalue weighted by Gasteiger charge is 2.23. The molecule has 0 amide bonds. The van der Waals surface area contributed by atoms with Gasteiger partial charge >= 0.3 is 17.9 Å². The Kier molecular flexibility index (Phi) is 11.5. The second-order valence-electron chi connectivity index (χ2n) is 10.7. The molecular weight excluding hydrogens is 628 g/mol. The summed E-state index contributed by atoms with van der Waals surface area (Å²) >= 11 is 0. The average molecular weight is 663 g/mol. The quantitative estimate of drug-likeness (QED) is 0.0645. The fraction of sp³-hybridized carbons (Fsp3) is 0.154. The Morgan fingerprint density at radius 2 is 0.959 bits per heavy atom.